The molecule has 6 heteroatoms. The molecule has 0 aliphatic carbocycles. The van der Waals surface area contributed by atoms with Crippen LogP contribution in [0.3, 0.4) is 0 Å². The number of carbonyl (C=O) groups is 1. The first-order valence-corrected chi connectivity index (χ1v) is 10.9. The standard InChI is InChI=1S/C21H28N2O3S/c1-16(10-11-18-8-6-5-7-9-18)22-21(24)23(3)17(2)19-12-14-20(15-13-19)27(4,25)26/h5-9,12-17H,10-11H2,1-4H3,(H,22,24)/t16-,17+/m0/s1. The molecule has 2 atom stereocenters. The maximum Gasteiger partial charge on any atom is 0.317 e. The summed E-state index contributed by atoms with van der Waals surface area (Å²) in [5.41, 5.74) is 2.14. The van der Waals surface area contributed by atoms with Crippen LogP contribution >= 0.6 is 0 Å². The van der Waals surface area contributed by atoms with Crippen molar-refractivity contribution in [3.63, 3.8) is 0 Å². The maximum atomic E-state index is 12.5. The average Bonchev–Trinajstić information content (AvgIpc) is 2.65. The normalized spacial score (nSPS) is 13.6. The highest BCUT2D eigenvalue weighted by atomic mass is 32.2. The van der Waals surface area contributed by atoms with Gasteiger partial charge >= 0.3 is 6.03 Å². The van der Waals surface area contributed by atoms with Gasteiger partial charge in [-0.05, 0) is 49.9 Å². The molecule has 0 heterocycles. The van der Waals surface area contributed by atoms with Crippen LogP contribution in [-0.2, 0) is 16.3 Å². The lowest BCUT2D eigenvalue weighted by Gasteiger charge is -2.27. The van der Waals surface area contributed by atoms with E-state index in [9.17, 15) is 13.2 Å². The maximum absolute atomic E-state index is 12.5. The van der Waals surface area contributed by atoms with Gasteiger partial charge in [-0.1, -0.05) is 42.5 Å². The minimum Gasteiger partial charge on any atom is -0.336 e. The monoisotopic (exact) mass is 388 g/mol. The van der Waals surface area contributed by atoms with E-state index in [-0.39, 0.29) is 23.0 Å². The van der Waals surface area contributed by atoms with Gasteiger partial charge in [-0.3, -0.25) is 0 Å². The van der Waals surface area contributed by atoms with E-state index in [0.717, 1.165) is 18.4 Å². The number of aryl methyl sites for hydroxylation is 1. The first-order chi connectivity index (χ1) is 12.7. The second kappa shape index (κ2) is 9.04. The van der Waals surface area contributed by atoms with E-state index in [4.69, 9.17) is 0 Å². The Labute approximate surface area is 162 Å². The van der Waals surface area contributed by atoms with Crippen LogP contribution in [-0.4, -0.2) is 38.7 Å². The topological polar surface area (TPSA) is 66.5 Å². The highest BCUT2D eigenvalue weighted by Gasteiger charge is 2.19. The number of benzene rings is 2. The molecule has 146 valence electrons. The minimum atomic E-state index is -3.22. The smallest absolute Gasteiger partial charge is 0.317 e. The molecule has 1 N–H and O–H groups in total. The van der Waals surface area contributed by atoms with E-state index >= 15 is 0 Å². The number of amides is 2. The van der Waals surface area contributed by atoms with Crippen LogP contribution in [0.25, 0.3) is 0 Å². The number of hydrogen-bond acceptors (Lipinski definition) is 3. The van der Waals surface area contributed by atoms with Crippen LogP contribution in [0.4, 0.5) is 4.79 Å². The van der Waals surface area contributed by atoms with E-state index < -0.39 is 9.84 Å². The quantitative estimate of drug-likeness (QED) is 0.784. The van der Waals surface area contributed by atoms with Crippen molar-refractivity contribution in [1.29, 1.82) is 0 Å². The van der Waals surface area contributed by atoms with Crippen LogP contribution in [0.15, 0.2) is 59.5 Å². The van der Waals surface area contributed by atoms with Gasteiger partial charge in [0, 0.05) is 19.3 Å². The first-order valence-electron chi connectivity index (χ1n) is 9.05. The highest BCUT2D eigenvalue weighted by molar-refractivity contribution is 7.90. The number of urea groups is 1. The van der Waals surface area contributed by atoms with Crippen LogP contribution in [0, 0.1) is 0 Å². The Hall–Kier alpha value is -2.34. The summed E-state index contributed by atoms with van der Waals surface area (Å²) in [7, 11) is -1.48. The average molecular weight is 389 g/mol. The lowest BCUT2D eigenvalue weighted by atomic mass is 10.1. The van der Waals surface area contributed by atoms with Gasteiger partial charge in [-0.15, -0.1) is 0 Å². The molecule has 0 radical (unpaired) electrons. The van der Waals surface area contributed by atoms with Crippen LogP contribution in [0.1, 0.15) is 37.4 Å². The van der Waals surface area contributed by atoms with E-state index in [1.807, 2.05) is 32.0 Å². The molecule has 0 saturated heterocycles. The van der Waals surface area contributed by atoms with Gasteiger partial charge in [-0.25, -0.2) is 13.2 Å². The summed E-state index contributed by atoms with van der Waals surface area (Å²) < 4.78 is 23.1. The Morgan fingerprint density at radius 2 is 1.63 bits per heavy atom. The second-order valence-electron chi connectivity index (χ2n) is 7.00. The fraction of sp³-hybridized carbons (Fsp3) is 0.381. The summed E-state index contributed by atoms with van der Waals surface area (Å²) in [5.74, 6) is 0. The Morgan fingerprint density at radius 1 is 1.04 bits per heavy atom. The number of carbonyl (C=O) groups excluding carboxylic acids is 1. The fourth-order valence-corrected chi connectivity index (χ4v) is 3.44. The highest BCUT2D eigenvalue weighted by Crippen LogP contribution is 2.21. The van der Waals surface area contributed by atoms with E-state index in [0.29, 0.717) is 0 Å². The molecule has 0 aromatic heterocycles. The molecule has 2 aromatic carbocycles. The minimum absolute atomic E-state index is 0.0555. The predicted octanol–water partition coefficient (Wildman–Crippen LogP) is 3.81. The summed E-state index contributed by atoms with van der Waals surface area (Å²) in [6.45, 7) is 3.92. The molecule has 0 aliphatic heterocycles. The van der Waals surface area contributed by atoms with Gasteiger partial charge in [0.25, 0.3) is 0 Å². The Morgan fingerprint density at radius 3 is 2.19 bits per heavy atom. The molecule has 0 spiro atoms. The molecule has 0 fully saturated rings. The predicted molar refractivity (Wildman–Crippen MR) is 108 cm³/mol. The zero-order valence-electron chi connectivity index (χ0n) is 16.3. The molecule has 0 saturated carbocycles. The van der Waals surface area contributed by atoms with Gasteiger partial charge in [0.05, 0.1) is 10.9 Å². The van der Waals surface area contributed by atoms with Crippen molar-refractivity contribution in [2.24, 2.45) is 0 Å². The molecule has 0 unspecified atom stereocenters. The third-order valence-electron chi connectivity index (χ3n) is 4.77. The summed E-state index contributed by atoms with van der Waals surface area (Å²) in [5, 5.41) is 3.03. The van der Waals surface area contributed by atoms with E-state index in [1.165, 1.54) is 11.8 Å². The molecular weight excluding hydrogens is 360 g/mol. The van der Waals surface area contributed by atoms with Crippen molar-refractivity contribution in [3.05, 3.63) is 65.7 Å². The molecule has 2 aromatic rings. The number of rotatable bonds is 7. The van der Waals surface area contributed by atoms with Gasteiger partial charge in [-0.2, -0.15) is 0 Å². The first kappa shape index (κ1) is 21.0. The van der Waals surface area contributed by atoms with E-state index in [1.54, 1.807) is 36.2 Å². The third kappa shape index (κ3) is 6.10. The lowest BCUT2D eigenvalue weighted by molar-refractivity contribution is 0.190. The molecule has 27 heavy (non-hydrogen) atoms. The van der Waals surface area contributed by atoms with Crippen LogP contribution in [0.2, 0.25) is 0 Å². The van der Waals surface area contributed by atoms with Gasteiger partial charge in [0.1, 0.15) is 0 Å². The number of nitrogens with one attached hydrogen (secondary N) is 1. The summed E-state index contributed by atoms with van der Waals surface area (Å²) >= 11 is 0. The van der Waals surface area contributed by atoms with Crippen LogP contribution in [0.5, 0.6) is 0 Å². The van der Waals surface area contributed by atoms with E-state index in [2.05, 4.69) is 17.4 Å². The van der Waals surface area contributed by atoms with Crippen molar-refractivity contribution < 1.29 is 13.2 Å². The summed E-state index contributed by atoms with van der Waals surface area (Å²) in [6, 6.07) is 16.6. The summed E-state index contributed by atoms with van der Waals surface area (Å²) in [4.78, 5) is 14.4. The van der Waals surface area contributed by atoms with Gasteiger partial charge in [0.15, 0.2) is 9.84 Å². The molecule has 0 bridgehead atoms. The van der Waals surface area contributed by atoms with Gasteiger partial charge < -0.3 is 10.2 Å². The fourth-order valence-electron chi connectivity index (χ4n) is 2.81. The van der Waals surface area contributed by atoms with Crippen molar-refractivity contribution in [1.82, 2.24) is 10.2 Å². The Balaban J connectivity index is 1.91. The zero-order chi connectivity index (χ0) is 20.0. The SMILES string of the molecule is C[C@H](c1ccc(S(C)(=O)=O)cc1)N(C)C(=O)N[C@@H](C)CCc1ccccc1. The number of nitrogens with zero attached hydrogens (tertiary/aromatic N) is 1. The molecule has 0 aliphatic rings. The van der Waals surface area contributed by atoms with Gasteiger partial charge in [0.2, 0.25) is 0 Å². The Kier molecular flexibility index (Phi) is 7.02. The molecule has 5 nitrogen and oxygen atoms in total. The Bertz CT molecular complexity index is 849. The molecule has 2 amide bonds. The van der Waals surface area contributed by atoms with Crippen molar-refractivity contribution in [2.45, 2.75) is 43.7 Å². The largest absolute Gasteiger partial charge is 0.336 e. The molecule has 2 rings (SSSR count). The van der Waals surface area contributed by atoms with Crippen LogP contribution < -0.4 is 5.32 Å². The third-order valence-corrected chi connectivity index (χ3v) is 5.90. The molecular formula is C21H28N2O3S. The zero-order valence-corrected chi connectivity index (χ0v) is 17.2. The number of hydrogen-bond donors (Lipinski definition) is 1. The number of sulfone groups is 1. The van der Waals surface area contributed by atoms with Crippen molar-refractivity contribution in [3.8, 4) is 0 Å². The van der Waals surface area contributed by atoms with Crippen molar-refractivity contribution in [2.75, 3.05) is 13.3 Å². The van der Waals surface area contributed by atoms with Crippen molar-refractivity contribution >= 4 is 15.9 Å². The second-order valence-corrected chi connectivity index (χ2v) is 9.02. The lowest BCUT2D eigenvalue weighted by Crippen LogP contribution is -2.43. The summed E-state index contributed by atoms with van der Waals surface area (Å²) in [6.07, 6.45) is 2.96.